The quantitative estimate of drug-likeness (QED) is 0.858. The highest BCUT2D eigenvalue weighted by molar-refractivity contribution is 6.30. The summed E-state index contributed by atoms with van der Waals surface area (Å²) in [5.41, 5.74) is 1.34. The fourth-order valence-electron chi connectivity index (χ4n) is 1.34. The van der Waals surface area contributed by atoms with Crippen molar-refractivity contribution in [3.05, 3.63) is 28.8 Å². The van der Waals surface area contributed by atoms with Crippen molar-refractivity contribution >= 4 is 17.3 Å². The van der Waals surface area contributed by atoms with Crippen LogP contribution in [0.3, 0.4) is 0 Å². The van der Waals surface area contributed by atoms with E-state index in [2.05, 4.69) is 11.4 Å². The molecule has 0 aliphatic carbocycles. The summed E-state index contributed by atoms with van der Waals surface area (Å²) < 4.78 is 5.29. The van der Waals surface area contributed by atoms with Gasteiger partial charge in [-0.2, -0.15) is 5.26 Å². The SMILES string of the molecule is CCOCC(C)Nc1cc(Cl)ccc1C#N. The lowest BCUT2D eigenvalue weighted by Crippen LogP contribution is -2.22. The molecule has 3 nitrogen and oxygen atoms in total. The van der Waals surface area contributed by atoms with E-state index in [1.165, 1.54) is 0 Å². The van der Waals surface area contributed by atoms with Crippen LogP contribution in [0.4, 0.5) is 5.69 Å². The molecule has 0 aliphatic heterocycles. The molecule has 0 aromatic heterocycles. The number of rotatable bonds is 5. The van der Waals surface area contributed by atoms with Crippen LogP contribution in [0.15, 0.2) is 18.2 Å². The van der Waals surface area contributed by atoms with Gasteiger partial charge in [0.05, 0.1) is 17.9 Å². The van der Waals surface area contributed by atoms with Gasteiger partial charge in [0, 0.05) is 17.7 Å². The second-order valence-electron chi connectivity index (χ2n) is 3.51. The first-order chi connectivity index (χ1) is 7.67. The molecule has 1 N–H and O–H groups in total. The average Bonchev–Trinajstić information content (AvgIpc) is 2.27. The Balaban J connectivity index is 2.72. The first kappa shape index (κ1) is 12.8. The summed E-state index contributed by atoms with van der Waals surface area (Å²) in [6.07, 6.45) is 0. The zero-order valence-corrected chi connectivity index (χ0v) is 10.2. The van der Waals surface area contributed by atoms with Gasteiger partial charge in [-0.25, -0.2) is 0 Å². The molecule has 1 aromatic rings. The fourth-order valence-corrected chi connectivity index (χ4v) is 1.51. The Bertz CT molecular complexity index is 387. The zero-order chi connectivity index (χ0) is 12.0. The van der Waals surface area contributed by atoms with Crippen LogP contribution in [0.1, 0.15) is 19.4 Å². The fraction of sp³-hybridized carbons (Fsp3) is 0.417. The van der Waals surface area contributed by atoms with Crippen molar-refractivity contribution in [1.29, 1.82) is 5.26 Å². The van der Waals surface area contributed by atoms with E-state index in [9.17, 15) is 0 Å². The molecular weight excluding hydrogens is 224 g/mol. The predicted molar refractivity (Wildman–Crippen MR) is 65.7 cm³/mol. The molecule has 0 fully saturated rings. The van der Waals surface area contributed by atoms with Gasteiger partial charge in [-0.05, 0) is 32.0 Å². The van der Waals surface area contributed by atoms with Crippen LogP contribution in [-0.4, -0.2) is 19.3 Å². The van der Waals surface area contributed by atoms with Crippen molar-refractivity contribution in [2.45, 2.75) is 19.9 Å². The van der Waals surface area contributed by atoms with Crippen LogP contribution < -0.4 is 5.32 Å². The third-order valence-corrected chi connectivity index (χ3v) is 2.31. The molecule has 0 amide bonds. The van der Waals surface area contributed by atoms with Gasteiger partial charge in [0.25, 0.3) is 0 Å². The Hall–Kier alpha value is -1.24. The molecule has 0 saturated carbocycles. The summed E-state index contributed by atoms with van der Waals surface area (Å²) in [7, 11) is 0. The first-order valence-electron chi connectivity index (χ1n) is 5.21. The third-order valence-electron chi connectivity index (χ3n) is 2.08. The highest BCUT2D eigenvalue weighted by Gasteiger charge is 2.06. The average molecular weight is 239 g/mol. The smallest absolute Gasteiger partial charge is 0.101 e. The molecule has 0 radical (unpaired) electrons. The Morgan fingerprint density at radius 1 is 1.56 bits per heavy atom. The number of hydrogen-bond donors (Lipinski definition) is 1. The van der Waals surface area contributed by atoms with Crippen LogP contribution in [-0.2, 0) is 4.74 Å². The number of nitrogens with zero attached hydrogens (tertiary/aromatic N) is 1. The van der Waals surface area contributed by atoms with Crippen LogP contribution in [0, 0.1) is 11.3 Å². The second kappa shape index (κ2) is 6.37. The number of anilines is 1. The van der Waals surface area contributed by atoms with Gasteiger partial charge >= 0.3 is 0 Å². The molecule has 1 aromatic carbocycles. The van der Waals surface area contributed by atoms with Gasteiger partial charge in [0.1, 0.15) is 6.07 Å². The second-order valence-corrected chi connectivity index (χ2v) is 3.94. The first-order valence-corrected chi connectivity index (χ1v) is 5.59. The van der Waals surface area contributed by atoms with Crippen LogP contribution >= 0.6 is 11.6 Å². The molecule has 16 heavy (non-hydrogen) atoms. The maximum absolute atomic E-state index is 8.93. The number of benzene rings is 1. The van der Waals surface area contributed by atoms with E-state index in [1.54, 1.807) is 18.2 Å². The number of nitriles is 1. The van der Waals surface area contributed by atoms with Gasteiger partial charge in [0.15, 0.2) is 0 Å². The molecule has 0 aliphatic rings. The van der Waals surface area contributed by atoms with Gasteiger partial charge in [-0.3, -0.25) is 0 Å². The predicted octanol–water partition coefficient (Wildman–Crippen LogP) is 3.05. The van der Waals surface area contributed by atoms with Crippen molar-refractivity contribution in [1.82, 2.24) is 0 Å². The van der Waals surface area contributed by atoms with Crippen molar-refractivity contribution in [3.63, 3.8) is 0 Å². The van der Waals surface area contributed by atoms with Gasteiger partial charge < -0.3 is 10.1 Å². The van der Waals surface area contributed by atoms with E-state index in [1.807, 2.05) is 13.8 Å². The van der Waals surface area contributed by atoms with E-state index in [0.717, 1.165) is 5.69 Å². The van der Waals surface area contributed by atoms with Crippen LogP contribution in [0.2, 0.25) is 5.02 Å². The summed E-state index contributed by atoms with van der Waals surface area (Å²) in [6, 6.07) is 7.43. The summed E-state index contributed by atoms with van der Waals surface area (Å²) in [5.74, 6) is 0. The topological polar surface area (TPSA) is 45.0 Å². The highest BCUT2D eigenvalue weighted by atomic mass is 35.5. The number of hydrogen-bond acceptors (Lipinski definition) is 3. The summed E-state index contributed by atoms with van der Waals surface area (Å²) >= 11 is 5.88. The van der Waals surface area contributed by atoms with E-state index < -0.39 is 0 Å². The molecule has 1 unspecified atom stereocenters. The molecule has 0 saturated heterocycles. The molecule has 0 heterocycles. The molecular formula is C12H15ClN2O. The van der Waals surface area contributed by atoms with Gasteiger partial charge in [0.2, 0.25) is 0 Å². The Morgan fingerprint density at radius 2 is 2.31 bits per heavy atom. The Kier molecular flexibility index (Phi) is 5.10. The molecule has 0 bridgehead atoms. The van der Waals surface area contributed by atoms with Crippen molar-refractivity contribution in [2.24, 2.45) is 0 Å². The lowest BCUT2D eigenvalue weighted by Gasteiger charge is -2.16. The number of halogens is 1. The third kappa shape index (κ3) is 3.73. The standard InChI is InChI=1S/C12H15ClN2O/c1-3-16-8-9(2)15-12-6-11(13)5-4-10(12)7-14/h4-6,9,15H,3,8H2,1-2H3. The van der Waals surface area contributed by atoms with E-state index in [4.69, 9.17) is 21.6 Å². The monoisotopic (exact) mass is 238 g/mol. The van der Waals surface area contributed by atoms with Crippen molar-refractivity contribution < 1.29 is 4.74 Å². The van der Waals surface area contributed by atoms with E-state index in [-0.39, 0.29) is 6.04 Å². The minimum Gasteiger partial charge on any atom is -0.380 e. The molecule has 0 spiro atoms. The Labute approximate surface area is 101 Å². The minimum absolute atomic E-state index is 0.144. The maximum atomic E-state index is 8.93. The molecule has 1 atom stereocenters. The minimum atomic E-state index is 0.144. The lowest BCUT2D eigenvalue weighted by molar-refractivity contribution is 0.141. The normalized spacial score (nSPS) is 11.9. The van der Waals surface area contributed by atoms with Crippen molar-refractivity contribution in [3.8, 4) is 6.07 Å². The maximum Gasteiger partial charge on any atom is 0.101 e. The van der Waals surface area contributed by atoms with Gasteiger partial charge in [-0.1, -0.05) is 11.6 Å². The Morgan fingerprint density at radius 3 is 2.94 bits per heavy atom. The molecule has 4 heteroatoms. The van der Waals surface area contributed by atoms with E-state index in [0.29, 0.717) is 23.8 Å². The van der Waals surface area contributed by atoms with Crippen LogP contribution in [0.25, 0.3) is 0 Å². The lowest BCUT2D eigenvalue weighted by atomic mass is 10.2. The van der Waals surface area contributed by atoms with Crippen molar-refractivity contribution in [2.75, 3.05) is 18.5 Å². The molecule has 86 valence electrons. The molecule has 1 rings (SSSR count). The van der Waals surface area contributed by atoms with Crippen LogP contribution in [0.5, 0.6) is 0 Å². The summed E-state index contributed by atoms with van der Waals surface area (Å²) in [6.45, 7) is 5.24. The van der Waals surface area contributed by atoms with E-state index >= 15 is 0 Å². The summed E-state index contributed by atoms with van der Waals surface area (Å²) in [4.78, 5) is 0. The number of ether oxygens (including phenoxy) is 1. The number of nitrogens with one attached hydrogen (secondary N) is 1. The summed E-state index contributed by atoms with van der Waals surface area (Å²) in [5, 5.41) is 12.8. The largest absolute Gasteiger partial charge is 0.380 e. The zero-order valence-electron chi connectivity index (χ0n) is 9.46. The van der Waals surface area contributed by atoms with Gasteiger partial charge in [-0.15, -0.1) is 0 Å². The highest BCUT2D eigenvalue weighted by Crippen LogP contribution is 2.21.